The van der Waals surface area contributed by atoms with Gasteiger partial charge in [0, 0.05) is 17.3 Å². The van der Waals surface area contributed by atoms with E-state index in [9.17, 15) is 12.8 Å². The van der Waals surface area contributed by atoms with Gasteiger partial charge in [-0.25, -0.2) is 12.8 Å². The second-order valence-corrected chi connectivity index (χ2v) is 11.2. The molecule has 160 valence electrons. The number of hydrogen-bond donors (Lipinski definition) is 2. The molecule has 0 amide bonds. The van der Waals surface area contributed by atoms with Crippen LogP contribution in [0.25, 0.3) is 10.1 Å². The lowest BCUT2D eigenvalue weighted by Gasteiger charge is -2.19. The fourth-order valence-electron chi connectivity index (χ4n) is 4.20. The highest BCUT2D eigenvalue weighted by molar-refractivity contribution is 7.94. The monoisotopic (exact) mass is 446 g/mol. The van der Waals surface area contributed by atoms with Gasteiger partial charge in [-0.15, -0.1) is 11.3 Å². The van der Waals surface area contributed by atoms with Crippen LogP contribution in [0.2, 0.25) is 0 Å². The summed E-state index contributed by atoms with van der Waals surface area (Å²) in [5.74, 6) is 0.430. The van der Waals surface area contributed by atoms with Gasteiger partial charge in [-0.05, 0) is 60.5 Å². The van der Waals surface area contributed by atoms with Crippen molar-refractivity contribution < 1.29 is 12.8 Å². The van der Waals surface area contributed by atoms with E-state index in [2.05, 4.69) is 17.0 Å². The van der Waals surface area contributed by atoms with Crippen LogP contribution >= 0.6 is 11.3 Å². The molecule has 1 aliphatic carbocycles. The first-order valence-electron chi connectivity index (χ1n) is 10.4. The molecule has 0 bridgehead atoms. The second kappa shape index (κ2) is 9.04. The zero-order valence-corrected chi connectivity index (χ0v) is 18.7. The molecule has 1 saturated carbocycles. The zero-order chi connectivity index (χ0) is 21.1. The normalized spacial score (nSPS) is 16.2. The minimum atomic E-state index is -3.75. The summed E-state index contributed by atoms with van der Waals surface area (Å²) in [6, 6.07) is 13.7. The first-order valence-corrected chi connectivity index (χ1v) is 12.7. The average Bonchev–Trinajstić information content (AvgIpc) is 3.36. The highest BCUT2D eigenvalue weighted by Crippen LogP contribution is 2.32. The van der Waals surface area contributed by atoms with E-state index in [0.717, 1.165) is 33.9 Å². The van der Waals surface area contributed by atoms with Gasteiger partial charge >= 0.3 is 0 Å². The van der Waals surface area contributed by atoms with Crippen molar-refractivity contribution in [1.82, 2.24) is 5.32 Å². The van der Waals surface area contributed by atoms with E-state index in [1.807, 2.05) is 18.2 Å². The van der Waals surface area contributed by atoms with Crippen molar-refractivity contribution in [3.8, 4) is 0 Å². The van der Waals surface area contributed by atoms with Crippen molar-refractivity contribution in [3.05, 3.63) is 59.9 Å². The van der Waals surface area contributed by atoms with Crippen LogP contribution in [0.5, 0.6) is 0 Å². The molecule has 3 aromatic rings. The van der Waals surface area contributed by atoms with Crippen molar-refractivity contribution >= 4 is 37.1 Å². The van der Waals surface area contributed by atoms with Crippen LogP contribution in [-0.4, -0.2) is 14.5 Å². The molecule has 1 fully saturated rings. The molecular formula is C23H27FN2O2S2. The van der Waals surface area contributed by atoms with Crippen LogP contribution in [0.15, 0.2) is 52.7 Å². The Bertz CT molecular complexity index is 1120. The Balaban J connectivity index is 1.47. The first-order chi connectivity index (χ1) is 14.4. The molecule has 30 heavy (non-hydrogen) atoms. The number of anilines is 1. The van der Waals surface area contributed by atoms with Gasteiger partial charge in [-0.2, -0.15) is 0 Å². The number of halogens is 1. The van der Waals surface area contributed by atoms with Gasteiger partial charge in [0.1, 0.15) is 10.0 Å². The molecule has 0 aliphatic heterocycles. The Morgan fingerprint density at radius 1 is 1.13 bits per heavy atom. The lowest BCUT2D eigenvalue weighted by Crippen LogP contribution is -2.28. The maximum Gasteiger partial charge on any atom is 0.271 e. The third-order valence-corrected chi connectivity index (χ3v) is 8.74. The quantitative estimate of drug-likeness (QED) is 0.453. The summed E-state index contributed by atoms with van der Waals surface area (Å²) in [7, 11) is -3.75. The molecule has 2 aromatic carbocycles. The minimum absolute atomic E-state index is 0.181. The standard InChI is InChI=1S/C23H27FN2O2S2/c1-16(12-17-6-2-3-7-17)25-15-18-8-4-5-9-21(18)26-30(27,28)23-14-19-13-20(24)10-11-22(19)29-23/h4-5,8-11,13-14,16-17,25-26H,2-3,6-7,12,15H2,1H3/t16-/m0/s1. The molecule has 0 radical (unpaired) electrons. The fourth-order valence-corrected chi connectivity index (χ4v) is 6.68. The van der Waals surface area contributed by atoms with E-state index in [1.165, 1.54) is 43.9 Å². The molecular weight excluding hydrogens is 419 g/mol. The van der Waals surface area contributed by atoms with E-state index in [0.29, 0.717) is 23.7 Å². The minimum Gasteiger partial charge on any atom is -0.310 e. The molecule has 1 atom stereocenters. The van der Waals surface area contributed by atoms with Crippen molar-refractivity contribution in [2.24, 2.45) is 5.92 Å². The molecule has 2 N–H and O–H groups in total. The van der Waals surface area contributed by atoms with Crippen LogP contribution in [0.4, 0.5) is 10.1 Å². The summed E-state index contributed by atoms with van der Waals surface area (Å²) in [4.78, 5) is 0. The van der Waals surface area contributed by atoms with E-state index in [-0.39, 0.29) is 10.0 Å². The largest absolute Gasteiger partial charge is 0.310 e. The number of sulfonamides is 1. The summed E-state index contributed by atoms with van der Waals surface area (Å²) >= 11 is 1.14. The van der Waals surface area contributed by atoms with E-state index in [4.69, 9.17) is 0 Å². The molecule has 0 spiro atoms. The van der Waals surface area contributed by atoms with Gasteiger partial charge in [-0.1, -0.05) is 43.9 Å². The van der Waals surface area contributed by atoms with E-state index < -0.39 is 10.0 Å². The van der Waals surface area contributed by atoms with Gasteiger partial charge in [-0.3, -0.25) is 4.72 Å². The van der Waals surface area contributed by atoms with Crippen molar-refractivity contribution in [3.63, 3.8) is 0 Å². The maximum absolute atomic E-state index is 13.5. The number of benzene rings is 2. The van der Waals surface area contributed by atoms with Crippen LogP contribution in [0.1, 0.15) is 44.6 Å². The topological polar surface area (TPSA) is 58.2 Å². The maximum atomic E-state index is 13.5. The number of nitrogens with one attached hydrogen (secondary N) is 2. The Labute approximate surface area is 181 Å². The van der Waals surface area contributed by atoms with Crippen LogP contribution in [0.3, 0.4) is 0 Å². The van der Waals surface area contributed by atoms with Gasteiger partial charge in [0.15, 0.2) is 0 Å². The van der Waals surface area contributed by atoms with Crippen molar-refractivity contribution in [2.75, 3.05) is 4.72 Å². The Morgan fingerprint density at radius 2 is 1.90 bits per heavy atom. The number of rotatable bonds is 8. The summed E-state index contributed by atoms with van der Waals surface area (Å²) in [5, 5.41) is 4.14. The number of hydrogen-bond acceptors (Lipinski definition) is 4. The zero-order valence-electron chi connectivity index (χ0n) is 17.0. The third kappa shape index (κ3) is 5.02. The molecule has 1 aliphatic rings. The highest BCUT2D eigenvalue weighted by Gasteiger charge is 2.20. The van der Waals surface area contributed by atoms with Gasteiger partial charge in [0.25, 0.3) is 10.0 Å². The summed E-state index contributed by atoms with van der Waals surface area (Å²) in [6.07, 6.45) is 6.48. The molecule has 1 heterocycles. The fraction of sp³-hybridized carbons (Fsp3) is 0.391. The second-order valence-electron chi connectivity index (χ2n) is 8.18. The van der Waals surface area contributed by atoms with Gasteiger partial charge in [0.2, 0.25) is 0 Å². The van der Waals surface area contributed by atoms with Crippen LogP contribution in [0, 0.1) is 11.7 Å². The Morgan fingerprint density at radius 3 is 2.70 bits per heavy atom. The molecule has 0 saturated heterocycles. The van der Waals surface area contributed by atoms with Crippen molar-refractivity contribution in [1.29, 1.82) is 0 Å². The summed E-state index contributed by atoms with van der Waals surface area (Å²) < 4.78 is 43.0. The van der Waals surface area contributed by atoms with Gasteiger partial charge < -0.3 is 5.32 Å². The lowest BCUT2D eigenvalue weighted by molar-refractivity contribution is 0.404. The van der Waals surface area contributed by atoms with E-state index >= 15 is 0 Å². The van der Waals surface area contributed by atoms with Crippen LogP contribution in [-0.2, 0) is 16.6 Å². The number of fused-ring (bicyclic) bond motifs is 1. The average molecular weight is 447 g/mol. The highest BCUT2D eigenvalue weighted by atomic mass is 32.2. The Kier molecular flexibility index (Phi) is 6.41. The first kappa shape index (κ1) is 21.3. The molecule has 4 nitrogen and oxygen atoms in total. The smallest absolute Gasteiger partial charge is 0.271 e. The van der Waals surface area contributed by atoms with E-state index in [1.54, 1.807) is 12.1 Å². The summed E-state index contributed by atoms with van der Waals surface area (Å²) in [6.45, 7) is 2.80. The predicted molar refractivity (Wildman–Crippen MR) is 122 cm³/mol. The number of thiophene rings is 1. The molecule has 7 heteroatoms. The molecule has 0 unspecified atom stereocenters. The molecule has 4 rings (SSSR count). The van der Waals surface area contributed by atoms with Gasteiger partial charge in [0.05, 0.1) is 5.69 Å². The van der Waals surface area contributed by atoms with Crippen LogP contribution < -0.4 is 10.0 Å². The summed E-state index contributed by atoms with van der Waals surface area (Å²) in [5.41, 5.74) is 1.48. The SMILES string of the molecule is C[C@@H](CC1CCCC1)NCc1ccccc1NS(=O)(=O)c1cc2cc(F)ccc2s1. The lowest BCUT2D eigenvalue weighted by atomic mass is 9.99. The van der Waals surface area contributed by atoms with Crippen molar-refractivity contribution in [2.45, 2.75) is 55.8 Å². The molecule has 1 aromatic heterocycles. The Hall–Kier alpha value is -1.96. The predicted octanol–water partition coefficient (Wildman–Crippen LogP) is 5.90. The number of para-hydroxylation sites is 1. The third-order valence-electron chi connectivity index (χ3n) is 5.78.